The van der Waals surface area contributed by atoms with Crippen LogP contribution in [-0.2, 0) is 11.2 Å². The molecule has 0 saturated heterocycles. The predicted molar refractivity (Wildman–Crippen MR) is 59.9 cm³/mol. The molecule has 0 spiro atoms. The number of carboxylic acids is 1. The highest BCUT2D eigenvalue weighted by Crippen LogP contribution is 2.19. The molecule has 16 heavy (non-hydrogen) atoms. The topological polar surface area (TPSA) is 96.4 Å². The van der Waals surface area contributed by atoms with Gasteiger partial charge in [-0.05, 0) is 24.1 Å². The summed E-state index contributed by atoms with van der Waals surface area (Å²) in [4.78, 5) is 10.3. The molecule has 0 unspecified atom stereocenters. The van der Waals surface area contributed by atoms with Crippen molar-refractivity contribution in [1.29, 1.82) is 5.41 Å². The Labute approximate surface area is 93.4 Å². The van der Waals surface area contributed by atoms with Gasteiger partial charge in [-0.1, -0.05) is 12.1 Å². The van der Waals surface area contributed by atoms with Gasteiger partial charge in [-0.2, -0.15) is 0 Å². The largest absolute Gasteiger partial charge is 0.482 e. The van der Waals surface area contributed by atoms with Crippen molar-refractivity contribution in [3.63, 3.8) is 0 Å². The van der Waals surface area contributed by atoms with Crippen LogP contribution in [0.25, 0.3) is 0 Å². The first kappa shape index (κ1) is 12.0. The molecule has 0 aliphatic rings. The number of ether oxygens (including phenoxy) is 1. The van der Waals surface area contributed by atoms with Crippen LogP contribution < -0.4 is 10.5 Å². The van der Waals surface area contributed by atoms with Gasteiger partial charge in [0.2, 0.25) is 0 Å². The number of amidine groups is 1. The highest BCUT2D eigenvalue weighted by atomic mass is 16.5. The van der Waals surface area contributed by atoms with Crippen molar-refractivity contribution in [3.8, 4) is 5.75 Å². The number of hydrogen-bond acceptors (Lipinski definition) is 3. The molecule has 0 aromatic heterocycles. The maximum atomic E-state index is 10.3. The van der Waals surface area contributed by atoms with Gasteiger partial charge in [0.05, 0.1) is 5.84 Å². The fourth-order valence-electron chi connectivity index (χ4n) is 1.34. The monoisotopic (exact) mass is 222 g/mol. The lowest BCUT2D eigenvalue weighted by atomic mass is 10.1. The van der Waals surface area contributed by atoms with E-state index in [1.54, 1.807) is 12.1 Å². The van der Waals surface area contributed by atoms with E-state index in [4.69, 9.17) is 21.0 Å². The quantitative estimate of drug-likeness (QED) is 0.510. The summed E-state index contributed by atoms with van der Waals surface area (Å²) in [5.74, 6) is -0.375. The van der Waals surface area contributed by atoms with E-state index in [9.17, 15) is 4.79 Å². The molecule has 0 aliphatic carbocycles. The normalized spacial score (nSPS) is 9.81. The van der Waals surface area contributed by atoms with Crippen molar-refractivity contribution < 1.29 is 14.6 Å². The van der Waals surface area contributed by atoms with Crippen molar-refractivity contribution in [1.82, 2.24) is 0 Å². The number of hydrogen-bond donors (Lipinski definition) is 3. The van der Waals surface area contributed by atoms with Crippen LogP contribution in [-0.4, -0.2) is 23.5 Å². The van der Waals surface area contributed by atoms with Crippen LogP contribution in [0.3, 0.4) is 0 Å². The Bertz CT molecular complexity index is 416. The summed E-state index contributed by atoms with van der Waals surface area (Å²) < 4.78 is 5.07. The molecule has 0 atom stereocenters. The van der Waals surface area contributed by atoms with Crippen molar-refractivity contribution in [2.75, 3.05) is 6.61 Å². The minimum atomic E-state index is -1.01. The highest BCUT2D eigenvalue weighted by molar-refractivity contribution is 5.79. The first-order valence-electron chi connectivity index (χ1n) is 4.76. The highest BCUT2D eigenvalue weighted by Gasteiger charge is 2.04. The molecule has 0 aliphatic heterocycles. The maximum Gasteiger partial charge on any atom is 0.341 e. The van der Waals surface area contributed by atoms with E-state index in [2.05, 4.69) is 0 Å². The van der Waals surface area contributed by atoms with Crippen molar-refractivity contribution >= 4 is 11.8 Å². The molecule has 5 heteroatoms. The van der Waals surface area contributed by atoms with E-state index < -0.39 is 5.97 Å². The van der Waals surface area contributed by atoms with Gasteiger partial charge < -0.3 is 15.6 Å². The lowest BCUT2D eigenvalue weighted by molar-refractivity contribution is -0.139. The van der Waals surface area contributed by atoms with E-state index in [0.717, 1.165) is 11.1 Å². The Hall–Kier alpha value is -2.04. The van der Waals surface area contributed by atoms with E-state index >= 15 is 0 Å². The number of nitrogens with two attached hydrogens (primary N) is 1. The first-order valence-corrected chi connectivity index (χ1v) is 4.76. The Balaban J connectivity index is 2.75. The average Bonchev–Trinajstić information content (AvgIpc) is 2.15. The number of carboxylic acid groups (broad SMARTS) is 1. The molecule has 1 aromatic rings. The predicted octanol–water partition coefficient (Wildman–Crippen LogP) is 0.937. The zero-order valence-electron chi connectivity index (χ0n) is 8.99. The van der Waals surface area contributed by atoms with Crippen LogP contribution in [0, 0.1) is 12.3 Å². The second-order valence-electron chi connectivity index (χ2n) is 3.48. The molecule has 4 N–H and O–H groups in total. The smallest absolute Gasteiger partial charge is 0.341 e. The van der Waals surface area contributed by atoms with Crippen LogP contribution in [0.2, 0.25) is 0 Å². The maximum absolute atomic E-state index is 10.3. The van der Waals surface area contributed by atoms with Crippen molar-refractivity contribution in [3.05, 3.63) is 29.3 Å². The van der Waals surface area contributed by atoms with Crippen LogP contribution in [0.4, 0.5) is 0 Å². The Morgan fingerprint density at radius 2 is 2.25 bits per heavy atom. The summed E-state index contributed by atoms with van der Waals surface area (Å²) in [7, 11) is 0. The van der Waals surface area contributed by atoms with Gasteiger partial charge in [0, 0.05) is 6.42 Å². The van der Waals surface area contributed by atoms with E-state index in [-0.39, 0.29) is 12.4 Å². The van der Waals surface area contributed by atoms with E-state index in [1.165, 1.54) is 0 Å². The minimum Gasteiger partial charge on any atom is -0.482 e. The van der Waals surface area contributed by atoms with Crippen LogP contribution in [0.5, 0.6) is 5.75 Å². The number of aryl methyl sites for hydroxylation is 1. The zero-order valence-corrected chi connectivity index (χ0v) is 8.99. The summed E-state index contributed by atoms with van der Waals surface area (Å²) in [6.07, 6.45) is 0.389. The molecule has 0 heterocycles. The minimum absolute atomic E-state index is 0.0959. The second-order valence-corrected chi connectivity index (χ2v) is 3.48. The number of benzene rings is 1. The number of nitrogens with one attached hydrogen (secondary N) is 1. The summed E-state index contributed by atoms with van der Waals surface area (Å²) in [5.41, 5.74) is 7.03. The fraction of sp³-hybridized carbons (Fsp3) is 0.273. The van der Waals surface area contributed by atoms with Crippen LogP contribution in [0.15, 0.2) is 18.2 Å². The van der Waals surface area contributed by atoms with Gasteiger partial charge in [-0.3, -0.25) is 5.41 Å². The molecule has 5 nitrogen and oxygen atoms in total. The second kappa shape index (κ2) is 5.16. The molecular weight excluding hydrogens is 208 g/mol. The number of aliphatic carboxylic acids is 1. The fourth-order valence-corrected chi connectivity index (χ4v) is 1.34. The third-order valence-electron chi connectivity index (χ3n) is 1.99. The van der Waals surface area contributed by atoms with Gasteiger partial charge in [0.1, 0.15) is 5.75 Å². The average molecular weight is 222 g/mol. The Morgan fingerprint density at radius 1 is 1.56 bits per heavy atom. The molecule has 86 valence electrons. The Morgan fingerprint density at radius 3 is 2.75 bits per heavy atom. The SMILES string of the molecule is Cc1cc(CC(=N)N)ccc1OCC(=O)O. The van der Waals surface area contributed by atoms with Gasteiger partial charge in [-0.25, -0.2) is 4.79 Å². The third kappa shape index (κ3) is 3.61. The van der Waals surface area contributed by atoms with Gasteiger partial charge in [0.15, 0.2) is 6.61 Å². The third-order valence-corrected chi connectivity index (χ3v) is 1.99. The number of rotatable bonds is 5. The van der Waals surface area contributed by atoms with Gasteiger partial charge in [-0.15, -0.1) is 0 Å². The van der Waals surface area contributed by atoms with Crippen molar-refractivity contribution in [2.45, 2.75) is 13.3 Å². The van der Waals surface area contributed by atoms with Gasteiger partial charge in [0.25, 0.3) is 0 Å². The van der Waals surface area contributed by atoms with E-state index in [0.29, 0.717) is 12.2 Å². The summed E-state index contributed by atoms with van der Waals surface area (Å²) in [6.45, 7) is 1.47. The molecule has 0 radical (unpaired) electrons. The zero-order chi connectivity index (χ0) is 12.1. The molecule has 0 fully saturated rings. The molecule has 0 saturated carbocycles. The standard InChI is InChI=1S/C11H14N2O3/c1-7-4-8(5-10(12)13)2-3-9(7)16-6-11(14)15/h2-4H,5-6H2,1H3,(H3,12,13)(H,14,15). The van der Waals surface area contributed by atoms with Crippen LogP contribution >= 0.6 is 0 Å². The van der Waals surface area contributed by atoms with Crippen molar-refractivity contribution in [2.24, 2.45) is 5.73 Å². The summed E-state index contributed by atoms with van der Waals surface area (Å²) in [6, 6.07) is 5.29. The molecular formula is C11H14N2O3. The molecule has 1 rings (SSSR count). The lowest BCUT2D eigenvalue weighted by Crippen LogP contribution is -2.13. The first-order chi connectivity index (χ1) is 7.49. The summed E-state index contributed by atoms with van der Waals surface area (Å²) >= 11 is 0. The lowest BCUT2D eigenvalue weighted by Gasteiger charge is -2.08. The van der Waals surface area contributed by atoms with Crippen LogP contribution in [0.1, 0.15) is 11.1 Å². The molecule has 0 bridgehead atoms. The van der Waals surface area contributed by atoms with E-state index in [1.807, 2.05) is 13.0 Å². The summed E-state index contributed by atoms with van der Waals surface area (Å²) in [5, 5.41) is 15.6. The molecule has 1 aromatic carbocycles. The molecule has 0 amide bonds. The van der Waals surface area contributed by atoms with Gasteiger partial charge >= 0.3 is 5.97 Å². The number of carbonyl (C=O) groups is 1. The Kier molecular flexibility index (Phi) is 3.88.